The van der Waals surface area contributed by atoms with Crippen molar-refractivity contribution in [3.63, 3.8) is 0 Å². The molecule has 2 unspecified atom stereocenters. The Morgan fingerprint density at radius 1 is 0.971 bits per heavy atom. The minimum Gasteiger partial charge on any atom is -0.497 e. The Balaban J connectivity index is 1.34. The number of amides is 2. The maximum absolute atomic E-state index is 13.4. The van der Waals surface area contributed by atoms with Crippen molar-refractivity contribution in [2.24, 2.45) is 5.92 Å². The highest BCUT2D eigenvalue weighted by Crippen LogP contribution is 2.35. The van der Waals surface area contributed by atoms with Gasteiger partial charge in [0, 0.05) is 31.1 Å². The second-order valence-electron chi connectivity index (χ2n) is 8.97. The number of likely N-dealkylation sites (tertiary alicyclic amines) is 1. The number of carbonyl (C=O) groups is 2. The molecule has 5 rings (SSSR count). The van der Waals surface area contributed by atoms with Crippen LogP contribution in [0.15, 0.2) is 66.7 Å². The second-order valence-corrected chi connectivity index (χ2v) is 8.97. The summed E-state index contributed by atoms with van der Waals surface area (Å²) in [5.74, 6) is 1.52. The van der Waals surface area contributed by atoms with Crippen LogP contribution in [0.5, 0.6) is 17.2 Å². The lowest BCUT2D eigenvalue weighted by Gasteiger charge is -2.18. The van der Waals surface area contributed by atoms with Crippen LogP contribution in [0.4, 0.5) is 0 Å². The summed E-state index contributed by atoms with van der Waals surface area (Å²) in [7, 11) is 1.62. The highest BCUT2D eigenvalue weighted by Gasteiger charge is 2.40. The molecule has 1 saturated heterocycles. The standard InChI is InChI=1S/C28H28N2O5/c1-18-3-6-21(7-4-18)28(32)30-15-23(20-8-10-22(33-2)11-9-20)24(16-30)27(31)29-14-19-5-12-25-26(13-19)35-17-34-25/h3-13,23-24H,14-17H2,1-2H3,(H,29,31). The lowest BCUT2D eigenvalue weighted by atomic mass is 9.88. The van der Waals surface area contributed by atoms with Gasteiger partial charge in [-0.3, -0.25) is 9.59 Å². The third kappa shape index (κ3) is 4.80. The lowest BCUT2D eigenvalue weighted by Crippen LogP contribution is -2.35. The van der Waals surface area contributed by atoms with E-state index in [0.717, 1.165) is 22.4 Å². The van der Waals surface area contributed by atoms with Gasteiger partial charge in [0.05, 0.1) is 13.0 Å². The maximum Gasteiger partial charge on any atom is 0.253 e. The maximum atomic E-state index is 13.4. The fraction of sp³-hybridized carbons (Fsp3) is 0.286. The number of fused-ring (bicyclic) bond motifs is 1. The molecule has 3 aromatic rings. The molecular formula is C28H28N2O5. The number of hydrogen-bond acceptors (Lipinski definition) is 5. The topological polar surface area (TPSA) is 77.1 Å². The zero-order valence-corrected chi connectivity index (χ0v) is 19.8. The Morgan fingerprint density at radius 2 is 1.71 bits per heavy atom. The minimum absolute atomic E-state index is 0.0606. The van der Waals surface area contributed by atoms with Crippen LogP contribution in [0.25, 0.3) is 0 Å². The van der Waals surface area contributed by atoms with Gasteiger partial charge in [-0.25, -0.2) is 0 Å². The second kappa shape index (κ2) is 9.70. The molecule has 7 heteroatoms. The molecule has 0 aromatic heterocycles. The van der Waals surface area contributed by atoms with Crippen LogP contribution in [0.3, 0.4) is 0 Å². The first-order valence-corrected chi connectivity index (χ1v) is 11.7. The summed E-state index contributed by atoms with van der Waals surface area (Å²) in [5.41, 5.74) is 3.66. The van der Waals surface area contributed by atoms with Crippen molar-refractivity contribution in [3.8, 4) is 17.2 Å². The van der Waals surface area contributed by atoms with Gasteiger partial charge in [0.25, 0.3) is 5.91 Å². The average molecular weight is 473 g/mol. The van der Waals surface area contributed by atoms with Crippen LogP contribution in [0.2, 0.25) is 0 Å². The van der Waals surface area contributed by atoms with E-state index in [9.17, 15) is 9.59 Å². The van der Waals surface area contributed by atoms with Crippen molar-refractivity contribution in [1.29, 1.82) is 0 Å². The van der Waals surface area contributed by atoms with Crippen molar-refractivity contribution in [2.45, 2.75) is 19.4 Å². The van der Waals surface area contributed by atoms with Crippen LogP contribution >= 0.6 is 0 Å². The highest BCUT2D eigenvalue weighted by molar-refractivity contribution is 5.95. The number of rotatable bonds is 6. The summed E-state index contributed by atoms with van der Waals surface area (Å²) in [6.45, 7) is 3.40. The van der Waals surface area contributed by atoms with Gasteiger partial charge in [-0.05, 0) is 54.4 Å². The van der Waals surface area contributed by atoms with Crippen LogP contribution < -0.4 is 19.5 Å². The summed E-state index contributed by atoms with van der Waals surface area (Å²) >= 11 is 0. The molecule has 1 fully saturated rings. The molecule has 2 aliphatic rings. The SMILES string of the molecule is COc1ccc(C2CN(C(=O)c3ccc(C)cc3)CC2C(=O)NCc2ccc3c(c2)OCO3)cc1. The Labute approximate surface area is 204 Å². The Hall–Kier alpha value is -4.00. The number of methoxy groups -OCH3 is 1. The first kappa shape index (κ1) is 22.8. The number of benzene rings is 3. The van der Waals surface area contributed by atoms with Crippen molar-refractivity contribution in [1.82, 2.24) is 10.2 Å². The highest BCUT2D eigenvalue weighted by atomic mass is 16.7. The van der Waals surface area contributed by atoms with E-state index in [1.54, 1.807) is 12.0 Å². The van der Waals surface area contributed by atoms with Gasteiger partial charge < -0.3 is 24.4 Å². The van der Waals surface area contributed by atoms with E-state index < -0.39 is 0 Å². The van der Waals surface area contributed by atoms with Crippen molar-refractivity contribution < 1.29 is 23.8 Å². The van der Waals surface area contributed by atoms with E-state index >= 15 is 0 Å². The molecule has 2 heterocycles. The number of carbonyl (C=O) groups excluding carboxylic acids is 2. The molecule has 0 bridgehead atoms. The zero-order chi connectivity index (χ0) is 24.4. The molecule has 0 spiro atoms. The van der Waals surface area contributed by atoms with E-state index in [-0.39, 0.29) is 30.4 Å². The number of nitrogens with one attached hydrogen (secondary N) is 1. The molecule has 2 amide bonds. The lowest BCUT2D eigenvalue weighted by molar-refractivity contribution is -0.125. The van der Waals surface area contributed by atoms with E-state index in [0.29, 0.717) is 36.7 Å². The summed E-state index contributed by atoms with van der Waals surface area (Å²) < 4.78 is 16.1. The molecule has 0 aliphatic carbocycles. The molecule has 1 N–H and O–H groups in total. The van der Waals surface area contributed by atoms with Crippen LogP contribution in [0, 0.1) is 12.8 Å². The molecular weight excluding hydrogens is 444 g/mol. The zero-order valence-electron chi connectivity index (χ0n) is 19.8. The predicted molar refractivity (Wildman–Crippen MR) is 131 cm³/mol. The fourth-order valence-electron chi connectivity index (χ4n) is 4.67. The largest absolute Gasteiger partial charge is 0.497 e. The Bertz CT molecular complexity index is 1220. The van der Waals surface area contributed by atoms with Gasteiger partial charge in [0.15, 0.2) is 11.5 Å². The summed E-state index contributed by atoms with van der Waals surface area (Å²) in [6, 6.07) is 20.9. The molecule has 0 saturated carbocycles. The minimum atomic E-state index is -0.369. The van der Waals surface area contributed by atoms with Crippen LogP contribution in [-0.2, 0) is 11.3 Å². The molecule has 180 valence electrons. The Kier molecular flexibility index (Phi) is 6.31. The first-order chi connectivity index (χ1) is 17.0. The normalized spacial score (nSPS) is 18.4. The smallest absolute Gasteiger partial charge is 0.253 e. The van der Waals surface area contributed by atoms with E-state index in [1.165, 1.54) is 0 Å². The monoisotopic (exact) mass is 472 g/mol. The fourth-order valence-corrected chi connectivity index (χ4v) is 4.67. The molecule has 3 aromatic carbocycles. The van der Waals surface area contributed by atoms with E-state index in [4.69, 9.17) is 14.2 Å². The predicted octanol–water partition coefficient (Wildman–Crippen LogP) is 3.90. The van der Waals surface area contributed by atoms with Crippen LogP contribution in [-0.4, -0.2) is 43.7 Å². The van der Waals surface area contributed by atoms with Gasteiger partial charge in [0.1, 0.15) is 5.75 Å². The molecule has 2 aliphatic heterocycles. The van der Waals surface area contributed by atoms with Gasteiger partial charge in [-0.15, -0.1) is 0 Å². The number of hydrogen-bond donors (Lipinski definition) is 1. The van der Waals surface area contributed by atoms with Gasteiger partial charge in [0.2, 0.25) is 12.7 Å². The van der Waals surface area contributed by atoms with Gasteiger partial charge in [-0.2, -0.15) is 0 Å². The molecule has 7 nitrogen and oxygen atoms in total. The average Bonchev–Trinajstić information content (AvgIpc) is 3.54. The third-order valence-corrected chi connectivity index (χ3v) is 6.69. The summed E-state index contributed by atoms with van der Waals surface area (Å²) in [6.07, 6.45) is 0. The van der Waals surface area contributed by atoms with Crippen molar-refractivity contribution in [3.05, 3.63) is 89.0 Å². The Morgan fingerprint density at radius 3 is 2.46 bits per heavy atom. The first-order valence-electron chi connectivity index (χ1n) is 11.7. The van der Waals surface area contributed by atoms with Crippen LogP contribution in [0.1, 0.15) is 33.0 Å². The molecule has 2 atom stereocenters. The van der Waals surface area contributed by atoms with E-state index in [2.05, 4.69) is 5.32 Å². The van der Waals surface area contributed by atoms with Gasteiger partial charge in [-0.1, -0.05) is 35.9 Å². The summed E-state index contributed by atoms with van der Waals surface area (Å²) in [4.78, 5) is 28.4. The number of ether oxygens (including phenoxy) is 3. The molecule has 0 radical (unpaired) electrons. The summed E-state index contributed by atoms with van der Waals surface area (Å²) in [5, 5.41) is 3.06. The number of aryl methyl sites for hydroxylation is 1. The third-order valence-electron chi connectivity index (χ3n) is 6.69. The van der Waals surface area contributed by atoms with Crippen molar-refractivity contribution in [2.75, 3.05) is 27.0 Å². The number of nitrogens with zero attached hydrogens (tertiary/aromatic N) is 1. The van der Waals surface area contributed by atoms with E-state index in [1.807, 2.05) is 73.7 Å². The quantitative estimate of drug-likeness (QED) is 0.589. The van der Waals surface area contributed by atoms with Gasteiger partial charge >= 0.3 is 0 Å². The molecule has 35 heavy (non-hydrogen) atoms. The van der Waals surface area contributed by atoms with Crippen molar-refractivity contribution >= 4 is 11.8 Å².